The molecule has 28 heavy (non-hydrogen) atoms. The molecule has 1 heterocycles. The molecule has 0 bridgehead atoms. The highest BCUT2D eigenvalue weighted by Crippen LogP contribution is 2.27. The lowest BCUT2D eigenvalue weighted by Crippen LogP contribution is -2.24. The molecule has 0 aliphatic carbocycles. The Morgan fingerprint density at radius 3 is 2.43 bits per heavy atom. The van der Waals surface area contributed by atoms with Gasteiger partial charge in [-0.15, -0.1) is 0 Å². The van der Waals surface area contributed by atoms with Crippen molar-refractivity contribution in [3.63, 3.8) is 0 Å². The number of H-pyrrole nitrogens is 1. The van der Waals surface area contributed by atoms with Gasteiger partial charge in [0.2, 0.25) is 0 Å². The van der Waals surface area contributed by atoms with Crippen LogP contribution in [0, 0.1) is 6.92 Å². The third-order valence-corrected chi connectivity index (χ3v) is 4.99. The molecule has 3 N–H and O–H groups in total. The Morgan fingerprint density at radius 1 is 0.857 bits per heavy atom. The fourth-order valence-electron chi connectivity index (χ4n) is 3.47. The van der Waals surface area contributed by atoms with Crippen LogP contribution >= 0.6 is 0 Å². The minimum Gasteiger partial charge on any atom is -0.338 e. The monoisotopic (exact) mass is 370 g/mol. The first kappa shape index (κ1) is 18.4. The molecule has 0 saturated carbocycles. The van der Waals surface area contributed by atoms with Gasteiger partial charge in [-0.2, -0.15) is 0 Å². The number of aryl methyl sites for hydroxylation is 1. The molecule has 4 aromatic rings. The van der Waals surface area contributed by atoms with E-state index in [4.69, 9.17) is 4.98 Å². The topological polar surface area (TPSA) is 52.7 Å². The number of aromatic amines is 1. The Hall–Kier alpha value is -2.95. The van der Waals surface area contributed by atoms with E-state index in [0.29, 0.717) is 0 Å². The molecule has 0 aliphatic heterocycles. The Morgan fingerprint density at radius 2 is 1.61 bits per heavy atom. The van der Waals surface area contributed by atoms with E-state index < -0.39 is 0 Å². The van der Waals surface area contributed by atoms with Gasteiger partial charge >= 0.3 is 0 Å². The van der Waals surface area contributed by atoms with Crippen molar-refractivity contribution in [3.8, 4) is 22.5 Å². The molecule has 0 atom stereocenters. The fraction of sp³-hybridized carbons (Fsp3) is 0.208. The zero-order chi connectivity index (χ0) is 19.3. The summed E-state index contributed by atoms with van der Waals surface area (Å²) in [4.78, 5) is 8.28. The average molecular weight is 371 g/mol. The van der Waals surface area contributed by atoms with E-state index in [2.05, 4.69) is 89.3 Å². The first-order chi connectivity index (χ1) is 13.7. The molecule has 0 fully saturated rings. The summed E-state index contributed by atoms with van der Waals surface area (Å²) in [5, 5.41) is 6.62. The lowest BCUT2D eigenvalue weighted by molar-refractivity contribution is 0.651. The molecule has 4 nitrogen and oxygen atoms in total. The van der Waals surface area contributed by atoms with Gasteiger partial charge in [0.1, 0.15) is 5.82 Å². The second kappa shape index (κ2) is 8.38. The number of aromatic nitrogens is 2. The van der Waals surface area contributed by atoms with Crippen molar-refractivity contribution in [3.05, 3.63) is 77.9 Å². The number of rotatable bonds is 7. The number of nitrogens with one attached hydrogen (secondary N) is 3. The predicted molar refractivity (Wildman–Crippen MR) is 117 cm³/mol. The highest BCUT2D eigenvalue weighted by molar-refractivity contribution is 5.83. The summed E-state index contributed by atoms with van der Waals surface area (Å²) in [7, 11) is 1.97. The van der Waals surface area contributed by atoms with Crippen LogP contribution in [0.15, 0.2) is 66.7 Å². The summed E-state index contributed by atoms with van der Waals surface area (Å²) < 4.78 is 0. The van der Waals surface area contributed by atoms with Crippen molar-refractivity contribution < 1.29 is 0 Å². The quantitative estimate of drug-likeness (QED) is 0.419. The average Bonchev–Trinajstić information content (AvgIpc) is 3.18. The van der Waals surface area contributed by atoms with Crippen LogP contribution in [0.25, 0.3) is 33.5 Å². The molecule has 0 spiro atoms. The molecule has 1 aromatic heterocycles. The number of nitrogens with zero attached hydrogens (tertiary/aromatic N) is 1. The van der Waals surface area contributed by atoms with Crippen LogP contribution in [-0.2, 0) is 6.54 Å². The molecule has 0 unspecified atom stereocenters. The van der Waals surface area contributed by atoms with Gasteiger partial charge in [-0.3, -0.25) is 0 Å². The Bertz CT molecular complexity index is 1080. The molecule has 142 valence electrons. The molecule has 4 rings (SSSR count). The van der Waals surface area contributed by atoms with Crippen LogP contribution in [0.3, 0.4) is 0 Å². The van der Waals surface area contributed by atoms with Crippen molar-refractivity contribution in [2.45, 2.75) is 13.5 Å². The third kappa shape index (κ3) is 3.98. The van der Waals surface area contributed by atoms with Crippen molar-refractivity contribution in [2.75, 3.05) is 20.1 Å². The van der Waals surface area contributed by atoms with Gasteiger partial charge in [-0.05, 0) is 54.4 Å². The molecular formula is C24H26N4. The van der Waals surface area contributed by atoms with E-state index in [9.17, 15) is 0 Å². The molecule has 0 radical (unpaired) electrons. The third-order valence-electron chi connectivity index (χ3n) is 4.99. The number of para-hydroxylation sites is 1. The SMILES string of the molecule is CNCCNCc1cccc(-c2cccc(-c3nc4c(C)cccc4[nH]3)c2)c1. The Labute approximate surface area is 166 Å². The van der Waals surface area contributed by atoms with E-state index in [1.54, 1.807) is 0 Å². The van der Waals surface area contributed by atoms with E-state index in [-0.39, 0.29) is 0 Å². The van der Waals surface area contributed by atoms with Crippen LogP contribution in [0.4, 0.5) is 0 Å². The second-order valence-electron chi connectivity index (χ2n) is 7.12. The molecule has 0 aliphatic rings. The number of fused-ring (bicyclic) bond motifs is 1. The first-order valence-corrected chi connectivity index (χ1v) is 9.75. The molecule has 0 amide bonds. The fourth-order valence-corrected chi connectivity index (χ4v) is 3.47. The minimum atomic E-state index is 0.873. The lowest BCUT2D eigenvalue weighted by atomic mass is 10.0. The normalized spacial score (nSPS) is 11.2. The van der Waals surface area contributed by atoms with Crippen LogP contribution in [0.2, 0.25) is 0 Å². The zero-order valence-corrected chi connectivity index (χ0v) is 16.4. The van der Waals surface area contributed by atoms with E-state index in [0.717, 1.165) is 42.1 Å². The van der Waals surface area contributed by atoms with Gasteiger partial charge in [0.25, 0.3) is 0 Å². The summed E-state index contributed by atoms with van der Waals surface area (Å²) in [6, 6.07) is 23.5. The van der Waals surface area contributed by atoms with Gasteiger partial charge in [-0.25, -0.2) is 4.98 Å². The standard InChI is InChI=1S/C24H26N4/c1-17-6-3-11-22-23(17)28-24(27-22)21-10-5-9-20(15-21)19-8-4-7-18(14-19)16-26-13-12-25-2/h3-11,14-15,25-26H,12-13,16H2,1-2H3,(H,27,28). The Kier molecular flexibility index (Phi) is 5.51. The zero-order valence-electron chi connectivity index (χ0n) is 16.4. The van der Waals surface area contributed by atoms with Crippen molar-refractivity contribution >= 4 is 11.0 Å². The van der Waals surface area contributed by atoms with E-state index in [1.165, 1.54) is 22.3 Å². The summed E-state index contributed by atoms with van der Waals surface area (Å²) in [5.74, 6) is 0.913. The summed E-state index contributed by atoms with van der Waals surface area (Å²) in [6.45, 7) is 4.90. The summed E-state index contributed by atoms with van der Waals surface area (Å²) in [6.07, 6.45) is 0. The Balaban J connectivity index is 1.60. The van der Waals surface area contributed by atoms with Gasteiger partial charge in [0.05, 0.1) is 11.0 Å². The van der Waals surface area contributed by atoms with Gasteiger partial charge in [0.15, 0.2) is 0 Å². The maximum absolute atomic E-state index is 4.82. The number of imidazole rings is 1. The van der Waals surface area contributed by atoms with Crippen LogP contribution in [0.5, 0.6) is 0 Å². The van der Waals surface area contributed by atoms with Crippen LogP contribution in [-0.4, -0.2) is 30.1 Å². The number of likely N-dealkylation sites (N-methyl/N-ethyl adjacent to an activating group) is 1. The predicted octanol–water partition coefficient (Wildman–Crippen LogP) is 4.51. The summed E-state index contributed by atoms with van der Waals surface area (Å²) in [5.41, 5.74) is 8.13. The van der Waals surface area contributed by atoms with Gasteiger partial charge in [-0.1, -0.05) is 48.5 Å². The van der Waals surface area contributed by atoms with E-state index >= 15 is 0 Å². The van der Waals surface area contributed by atoms with Crippen molar-refractivity contribution in [2.24, 2.45) is 0 Å². The number of benzene rings is 3. The maximum Gasteiger partial charge on any atom is 0.138 e. The number of hydrogen-bond donors (Lipinski definition) is 3. The molecular weight excluding hydrogens is 344 g/mol. The lowest BCUT2D eigenvalue weighted by Gasteiger charge is -2.08. The highest BCUT2D eigenvalue weighted by Gasteiger charge is 2.08. The minimum absolute atomic E-state index is 0.873. The van der Waals surface area contributed by atoms with Gasteiger partial charge < -0.3 is 15.6 Å². The van der Waals surface area contributed by atoms with E-state index in [1.807, 2.05) is 7.05 Å². The largest absolute Gasteiger partial charge is 0.338 e. The maximum atomic E-state index is 4.82. The molecule has 0 saturated heterocycles. The smallest absolute Gasteiger partial charge is 0.138 e. The summed E-state index contributed by atoms with van der Waals surface area (Å²) >= 11 is 0. The van der Waals surface area contributed by atoms with Crippen molar-refractivity contribution in [1.82, 2.24) is 20.6 Å². The second-order valence-corrected chi connectivity index (χ2v) is 7.12. The van der Waals surface area contributed by atoms with Crippen LogP contribution < -0.4 is 10.6 Å². The van der Waals surface area contributed by atoms with Crippen molar-refractivity contribution in [1.29, 1.82) is 0 Å². The highest BCUT2D eigenvalue weighted by atomic mass is 14.9. The molecule has 4 heteroatoms. The molecule has 3 aromatic carbocycles. The number of hydrogen-bond acceptors (Lipinski definition) is 3. The van der Waals surface area contributed by atoms with Crippen LogP contribution in [0.1, 0.15) is 11.1 Å². The van der Waals surface area contributed by atoms with Gasteiger partial charge in [0, 0.05) is 25.2 Å². The first-order valence-electron chi connectivity index (χ1n) is 9.75.